The van der Waals surface area contributed by atoms with Crippen LogP contribution in [0.1, 0.15) is 31.9 Å². The molecule has 2 rings (SSSR count). The maximum Gasteiger partial charge on any atom is 0.345 e. The van der Waals surface area contributed by atoms with E-state index in [9.17, 15) is 9.90 Å². The second-order valence-electron chi connectivity index (χ2n) is 6.85. The van der Waals surface area contributed by atoms with Gasteiger partial charge in [0.2, 0.25) is 0 Å². The molecule has 0 aliphatic rings. The summed E-state index contributed by atoms with van der Waals surface area (Å²) in [5, 5.41) is 10.1. The number of ether oxygens (including phenoxy) is 2. The highest BCUT2D eigenvalue weighted by Crippen LogP contribution is 2.32. The van der Waals surface area contributed by atoms with Crippen LogP contribution in [-0.2, 0) is 16.6 Å². The Morgan fingerprint density at radius 1 is 1.16 bits per heavy atom. The first-order valence-corrected chi connectivity index (χ1v) is 8.41. The normalized spacial score (nSPS) is 12.5. The largest absolute Gasteiger partial charge is 0.496 e. The minimum Gasteiger partial charge on any atom is -0.496 e. The van der Waals surface area contributed by atoms with Crippen molar-refractivity contribution in [3.8, 4) is 11.5 Å². The number of para-hydroxylation sites is 1. The Balaban J connectivity index is 2.33. The maximum atomic E-state index is 11.8. The lowest BCUT2D eigenvalue weighted by Gasteiger charge is -2.25. The molecule has 1 N–H and O–H groups in total. The predicted molar refractivity (Wildman–Crippen MR) is 98.9 cm³/mol. The van der Waals surface area contributed by atoms with E-state index in [1.807, 2.05) is 18.2 Å². The minimum absolute atomic E-state index is 0.150. The Hall–Kier alpha value is -2.20. The molecule has 134 valence electrons. The molecular formula is C20H23ClO4. The molecule has 0 bridgehead atoms. The molecule has 0 spiro atoms. The molecule has 2 aromatic carbocycles. The first kappa shape index (κ1) is 19.1. The van der Waals surface area contributed by atoms with Crippen LogP contribution in [0.2, 0.25) is 5.02 Å². The third-order valence-electron chi connectivity index (χ3n) is 3.89. The van der Waals surface area contributed by atoms with Crippen molar-refractivity contribution in [1.82, 2.24) is 0 Å². The average Bonchev–Trinajstić information content (AvgIpc) is 2.54. The molecule has 1 atom stereocenters. The lowest BCUT2D eigenvalue weighted by Crippen LogP contribution is -2.30. The van der Waals surface area contributed by atoms with E-state index in [1.54, 1.807) is 24.3 Å². The number of hydrogen-bond acceptors (Lipinski definition) is 3. The number of carboxylic acids is 1. The van der Waals surface area contributed by atoms with Crippen LogP contribution in [0.15, 0.2) is 42.5 Å². The van der Waals surface area contributed by atoms with Crippen LogP contribution in [0, 0.1) is 0 Å². The molecule has 0 fully saturated rings. The first-order valence-electron chi connectivity index (χ1n) is 8.03. The van der Waals surface area contributed by atoms with Crippen LogP contribution in [0.4, 0.5) is 0 Å². The van der Waals surface area contributed by atoms with Crippen molar-refractivity contribution >= 4 is 17.6 Å². The van der Waals surface area contributed by atoms with E-state index in [1.165, 1.54) is 7.11 Å². The average molecular weight is 363 g/mol. The van der Waals surface area contributed by atoms with Gasteiger partial charge in [0.15, 0.2) is 6.10 Å². The number of rotatable bonds is 6. The van der Waals surface area contributed by atoms with Crippen molar-refractivity contribution in [2.75, 3.05) is 7.11 Å². The fourth-order valence-electron chi connectivity index (χ4n) is 2.63. The Labute approximate surface area is 153 Å². The second-order valence-corrected chi connectivity index (χ2v) is 7.29. The van der Waals surface area contributed by atoms with Crippen molar-refractivity contribution in [3.63, 3.8) is 0 Å². The Kier molecular flexibility index (Phi) is 5.96. The van der Waals surface area contributed by atoms with Crippen molar-refractivity contribution in [2.45, 2.75) is 38.7 Å². The smallest absolute Gasteiger partial charge is 0.345 e. The number of benzene rings is 2. The summed E-state index contributed by atoms with van der Waals surface area (Å²) in [4.78, 5) is 11.8. The quantitative estimate of drug-likeness (QED) is 0.807. The third kappa shape index (κ3) is 4.89. The van der Waals surface area contributed by atoms with E-state index in [0.29, 0.717) is 22.1 Å². The van der Waals surface area contributed by atoms with E-state index in [-0.39, 0.29) is 11.8 Å². The van der Waals surface area contributed by atoms with Gasteiger partial charge < -0.3 is 14.6 Å². The van der Waals surface area contributed by atoms with Gasteiger partial charge in [0, 0.05) is 11.4 Å². The molecule has 0 aliphatic carbocycles. The van der Waals surface area contributed by atoms with Crippen molar-refractivity contribution < 1.29 is 19.4 Å². The number of hydrogen-bond donors (Lipinski definition) is 1. The molecular weight excluding hydrogens is 340 g/mol. The Bertz CT molecular complexity index is 750. The second kappa shape index (κ2) is 7.79. The van der Waals surface area contributed by atoms with Gasteiger partial charge in [0.25, 0.3) is 0 Å². The molecule has 5 heteroatoms. The van der Waals surface area contributed by atoms with E-state index in [0.717, 1.165) is 5.56 Å². The minimum atomic E-state index is -1.05. The molecule has 0 saturated carbocycles. The van der Waals surface area contributed by atoms with Gasteiger partial charge in [-0.1, -0.05) is 50.6 Å². The highest BCUT2D eigenvalue weighted by atomic mass is 35.5. The van der Waals surface area contributed by atoms with Crippen molar-refractivity contribution in [3.05, 3.63) is 58.6 Å². The van der Waals surface area contributed by atoms with Crippen LogP contribution < -0.4 is 9.47 Å². The molecule has 0 aliphatic heterocycles. The predicted octanol–water partition coefficient (Wildman–Crippen LogP) is 4.72. The number of carboxylic acid groups (broad SMARTS) is 1. The van der Waals surface area contributed by atoms with E-state index < -0.39 is 12.1 Å². The fraction of sp³-hybridized carbons (Fsp3) is 0.350. The summed E-state index contributed by atoms with van der Waals surface area (Å²) in [5.41, 5.74) is 1.49. The van der Waals surface area contributed by atoms with Gasteiger partial charge in [-0.05, 0) is 40.8 Å². The van der Waals surface area contributed by atoms with Crippen LogP contribution >= 0.6 is 11.6 Å². The van der Waals surface area contributed by atoms with Gasteiger partial charge in [0.1, 0.15) is 11.5 Å². The lowest BCUT2D eigenvalue weighted by atomic mass is 9.86. The maximum absolute atomic E-state index is 11.8. The monoisotopic (exact) mass is 362 g/mol. The summed E-state index contributed by atoms with van der Waals surface area (Å²) >= 11 is 6.04. The van der Waals surface area contributed by atoms with Gasteiger partial charge in [-0.15, -0.1) is 0 Å². The van der Waals surface area contributed by atoms with E-state index >= 15 is 0 Å². The molecule has 0 unspecified atom stereocenters. The van der Waals surface area contributed by atoms with Gasteiger partial charge in [-0.2, -0.15) is 0 Å². The molecule has 0 aromatic heterocycles. The van der Waals surface area contributed by atoms with Gasteiger partial charge in [0.05, 0.1) is 7.11 Å². The van der Waals surface area contributed by atoms with Gasteiger partial charge in [-0.3, -0.25) is 0 Å². The van der Waals surface area contributed by atoms with Crippen molar-refractivity contribution in [2.24, 2.45) is 0 Å². The number of aliphatic carboxylic acids is 1. The summed E-state index contributed by atoms with van der Waals surface area (Å²) in [6, 6.07) is 12.6. The summed E-state index contributed by atoms with van der Waals surface area (Å²) < 4.78 is 11.2. The fourth-order valence-corrected chi connectivity index (χ4v) is 2.82. The molecule has 2 aromatic rings. The molecule has 0 amide bonds. The number of halogens is 1. The topological polar surface area (TPSA) is 55.8 Å². The molecule has 4 nitrogen and oxygen atoms in total. The van der Waals surface area contributed by atoms with E-state index in [4.69, 9.17) is 21.1 Å². The standard InChI is InChI=1S/C20H23ClO4/c1-20(2,3)15-7-5-6-8-17(15)25-18(19(22)23)12-13-11-14(21)9-10-16(13)24-4/h5-11,18H,12H2,1-4H3,(H,22,23)/t18-/m1/s1. The van der Waals surface area contributed by atoms with E-state index in [2.05, 4.69) is 20.8 Å². The van der Waals surface area contributed by atoms with Gasteiger partial charge in [-0.25, -0.2) is 4.79 Å². The zero-order valence-corrected chi connectivity index (χ0v) is 15.6. The molecule has 0 heterocycles. The van der Waals surface area contributed by atoms with Crippen LogP contribution in [0.5, 0.6) is 11.5 Å². The number of methoxy groups -OCH3 is 1. The molecule has 0 saturated heterocycles. The lowest BCUT2D eigenvalue weighted by molar-refractivity contribution is -0.145. The Morgan fingerprint density at radius 2 is 1.84 bits per heavy atom. The number of carbonyl (C=O) groups is 1. The van der Waals surface area contributed by atoms with Crippen molar-refractivity contribution in [1.29, 1.82) is 0 Å². The Morgan fingerprint density at radius 3 is 2.44 bits per heavy atom. The molecule has 0 radical (unpaired) electrons. The van der Waals surface area contributed by atoms with Crippen LogP contribution in [-0.4, -0.2) is 24.3 Å². The summed E-state index contributed by atoms with van der Waals surface area (Å²) in [7, 11) is 1.54. The zero-order valence-electron chi connectivity index (χ0n) is 14.9. The zero-order chi connectivity index (χ0) is 18.6. The highest BCUT2D eigenvalue weighted by molar-refractivity contribution is 6.30. The highest BCUT2D eigenvalue weighted by Gasteiger charge is 2.25. The summed E-state index contributed by atoms with van der Waals surface area (Å²) in [6.45, 7) is 6.18. The van der Waals surface area contributed by atoms with Crippen LogP contribution in [0.25, 0.3) is 0 Å². The summed E-state index contributed by atoms with van der Waals surface area (Å²) in [6.07, 6.45) is -0.895. The molecule has 25 heavy (non-hydrogen) atoms. The SMILES string of the molecule is COc1ccc(Cl)cc1C[C@@H](Oc1ccccc1C(C)(C)C)C(=O)O. The third-order valence-corrected chi connectivity index (χ3v) is 4.12. The van der Waals surface area contributed by atoms with Gasteiger partial charge >= 0.3 is 5.97 Å². The summed E-state index contributed by atoms with van der Waals surface area (Å²) in [5.74, 6) is 0.123. The first-order chi connectivity index (χ1) is 11.7. The van der Waals surface area contributed by atoms with Crippen LogP contribution in [0.3, 0.4) is 0 Å².